The molecule has 0 radical (unpaired) electrons. The van der Waals surface area contributed by atoms with Crippen LogP contribution in [0.1, 0.15) is 50.1 Å². The molecule has 0 aliphatic carbocycles. The molecule has 0 saturated carbocycles. The number of para-hydroxylation sites is 4. The van der Waals surface area contributed by atoms with E-state index >= 15 is 0 Å². The van der Waals surface area contributed by atoms with Gasteiger partial charge in [0, 0.05) is 54.2 Å². The van der Waals surface area contributed by atoms with Crippen molar-refractivity contribution >= 4 is 92.9 Å². The summed E-state index contributed by atoms with van der Waals surface area (Å²) in [6.45, 7) is 18.3. The number of rotatable bonds is 6. The molecule has 0 fully saturated rings. The summed E-state index contributed by atoms with van der Waals surface area (Å²) in [7, 11) is 0. The number of benzene rings is 12. The van der Waals surface area contributed by atoms with Crippen LogP contribution in [0.4, 0.5) is 18.9 Å². The van der Waals surface area contributed by atoms with Gasteiger partial charge in [0.1, 0.15) is 23.3 Å². The second kappa shape index (κ2) is 22.0. The maximum atomic E-state index is 13.8. The summed E-state index contributed by atoms with van der Waals surface area (Å²) in [6, 6.07) is 82.1. The first-order chi connectivity index (χ1) is 45.2. The number of hydrogen-bond acceptors (Lipinski definition) is 3. The highest BCUT2D eigenvalue weighted by molar-refractivity contribution is 6.15. The monoisotopic (exact) mass is 1210 g/mol. The summed E-state index contributed by atoms with van der Waals surface area (Å²) in [4.78, 5) is 3.55. The van der Waals surface area contributed by atoms with Crippen LogP contribution >= 0.6 is 0 Å². The van der Waals surface area contributed by atoms with Crippen molar-refractivity contribution in [3.05, 3.63) is 292 Å². The standard InChI is InChI=1S/C41H25F3N4.C41H28N4/c1-24-10-8-16-36-38(24)29-12-4-6-14-33(29)47(36)35-21-20-28(27-19-18-26(41(42,43)44)22-32(27)46-3)40(31(35)23-45)48-34-15-7-5-13-30(34)39-25(2)11-9-17-37(39)48;1-25-10-8-16-37-39(25)31-12-4-6-14-34(31)44(37)36-21-20-30(29-19-18-28(23-42)22-27(29)3)41(33(36)24-43)45-35-15-7-5-13-32(35)40-26(2)11-9-17-38(40)45/h4-22H,1-2H3;4-22H,1-3H3. The van der Waals surface area contributed by atoms with Gasteiger partial charge in [-0.25, -0.2) is 4.85 Å². The van der Waals surface area contributed by atoms with E-state index in [0.717, 1.165) is 128 Å². The van der Waals surface area contributed by atoms with Gasteiger partial charge in [0.05, 0.1) is 85.1 Å². The lowest BCUT2D eigenvalue weighted by atomic mass is 9.94. The first-order valence-corrected chi connectivity index (χ1v) is 30.5. The molecular formula is C82H53F3N8. The largest absolute Gasteiger partial charge is 0.415 e. The van der Waals surface area contributed by atoms with Crippen molar-refractivity contribution in [2.45, 2.75) is 40.8 Å². The molecule has 4 aromatic heterocycles. The van der Waals surface area contributed by atoms with Crippen molar-refractivity contribution in [2.75, 3.05) is 0 Å². The van der Waals surface area contributed by atoms with E-state index in [4.69, 9.17) is 6.57 Å². The summed E-state index contributed by atoms with van der Waals surface area (Å²) >= 11 is 0. The Hall–Kier alpha value is -12.4. The molecule has 0 aliphatic rings. The van der Waals surface area contributed by atoms with Gasteiger partial charge in [0.25, 0.3) is 0 Å². The van der Waals surface area contributed by atoms with E-state index < -0.39 is 11.7 Å². The zero-order valence-corrected chi connectivity index (χ0v) is 51.2. The van der Waals surface area contributed by atoms with E-state index in [1.54, 1.807) is 0 Å². The van der Waals surface area contributed by atoms with Crippen molar-refractivity contribution in [1.29, 1.82) is 15.8 Å². The Morgan fingerprint density at radius 1 is 0.344 bits per heavy atom. The lowest BCUT2D eigenvalue weighted by Gasteiger charge is -2.21. The highest BCUT2D eigenvalue weighted by Crippen LogP contribution is 2.48. The molecule has 11 heteroatoms. The fourth-order valence-electron chi connectivity index (χ4n) is 14.5. The zero-order valence-electron chi connectivity index (χ0n) is 51.2. The minimum atomic E-state index is -4.61. The number of nitrogens with zero attached hydrogens (tertiary/aromatic N) is 8. The molecule has 93 heavy (non-hydrogen) atoms. The maximum absolute atomic E-state index is 13.8. The Labute approximate surface area is 533 Å². The summed E-state index contributed by atoms with van der Waals surface area (Å²) in [6.07, 6.45) is -4.61. The molecule has 0 atom stereocenters. The number of aryl methyl sites for hydroxylation is 5. The Morgan fingerprint density at radius 3 is 1.05 bits per heavy atom. The van der Waals surface area contributed by atoms with Gasteiger partial charge in [0.2, 0.25) is 0 Å². The second-order valence-corrected chi connectivity index (χ2v) is 23.7. The first-order valence-electron chi connectivity index (χ1n) is 30.5. The van der Waals surface area contributed by atoms with Crippen LogP contribution < -0.4 is 0 Å². The van der Waals surface area contributed by atoms with Crippen molar-refractivity contribution in [2.24, 2.45) is 0 Å². The van der Waals surface area contributed by atoms with E-state index in [1.165, 1.54) is 28.0 Å². The van der Waals surface area contributed by atoms with E-state index in [9.17, 15) is 29.0 Å². The number of aromatic nitrogens is 4. The third-order valence-corrected chi connectivity index (χ3v) is 18.5. The molecule has 16 aromatic rings. The molecule has 12 aromatic carbocycles. The van der Waals surface area contributed by atoms with Crippen molar-refractivity contribution in [3.63, 3.8) is 0 Å². The summed E-state index contributed by atoms with van der Waals surface area (Å²) < 4.78 is 50.0. The van der Waals surface area contributed by atoms with Crippen LogP contribution in [0.3, 0.4) is 0 Å². The predicted molar refractivity (Wildman–Crippen MR) is 370 cm³/mol. The Bertz CT molecular complexity index is 6060. The van der Waals surface area contributed by atoms with E-state index in [0.29, 0.717) is 39.2 Å². The number of hydrogen-bond donors (Lipinski definition) is 0. The topological polar surface area (TPSA) is 95.4 Å². The van der Waals surface area contributed by atoms with Crippen molar-refractivity contribution in [1.82, 2.24) is 18.3 Å². The Kier molecular flexibility index (Phi) is 13.5. The molecule has 0 spiro atoms. The van der Waals surface area contributed by atoms with Gasteiger partial charge in [-0.1, -0.05) is 152 Å². The van der Waals surface area contributed by atoms with Gasteiger partial charge in [-0.2, -0.15) is 29.0 Å². The molecule has 4 heterocycles. The third kappa shape index (κ3) is 8.78. The smallest absolute Gasteiger partial charge is 0.308 e. The molecule has 442 valence electrons. The van der Waals surface area contributed by atoms with Gasteiger partial charge < -0.3 is 18.3 Å². The van der Waals surface area contributed by atoms with Crippen molar-refractivity contribution < 1.29 is 13.2 Å². The molecule has 16 rings (SSSR count). The van der Waals surface area contributed by atoms with Gasteiger partial charge >= 0.3 is 6.18 Å². The van der Waals surface area contributed by atoms with Crippen LogP contribution in [0.15, 0.2) is 231 Å². The van der Waals surface area contributed by atoms with Crippen LogP contribution in [0.25, 0.3) is 137 Å². The minimum absolute atomic E-state index is 0.146. The second-order valence-electron chi connectivity index (χ2n) is 23.7. The highest BCUT2D eigenvalue weighted by Gasteiger charge is 2.33. The molecule has 0 bridgehead atoms. The van der Waals surface area contributed by atoms with Crippen LogP contribution in [0, 0.1) is 75.2 Å². The molecule has 0 N–H and O–H groups in total. The van der Waals surface area contributed by atoms with E-state index in [2.05, 4.69) is 167 Å². The first kappa shape index (κ1) is 57.1. The van der Waals surface area contributed by atoms with E-state index in [1.807, 2.05) is 122 Å². The number of fused-ring (bicyclic) bond motifs is 12. The fourth-order valence-corrected chi connectivity index (χ4v) is 14.5. The minimum Gasteiger partial charge on any atom is -0.308 e. The van der Waals surface area contributed by atoms with Gasteiger partial charge in [-0.3, -0.25) is 0 Å². The third-order valence-electron chi connectivity index (χ3n) is 18.5. The lowest BCUT2D eigenvalue weighted by molar-refractivity contribution is -0.137. The highest BCUT2D eigenvalue weighted by atomic mass is 19.4. The number of halogens is 3. The van der Waals surface area contributed by atoms with Gasteiger partial charge in [-0.05, 0) is 158 Å². The summed E-state index contributed by atoms with van der Waals surface area (Å²) in [5, 5.41) is 40.8. The molecular weight excluding hydrogens is 1150 g/mol. The SMILES string of the molecule is Cc1cc(C#N)ccc1-c1ccc(-n2c3ccccc3c3c(C)cccc32)c(C#N)c1-n1c2ccccc2c2c(C)cccc21.[C-]#[N+]c1cc(C(F)(F)F)ccc1-c1ccc(-n2c3ccccc3c3c(C)cccc32)c(C#N)c1-n1c2ccccc2c2c(C)cccc21. The summed E-state index contributed by atoms with van der Waals surface area (Å²) in [5.74, 6) is 0. The molecule has 0 amide bonds. The average Bonchev–Trinajstić information content (AvgIpc) is 1.61. The average molecular weight is 1210 g/mol. The van der Waals surface area contributed by atoms with Crippen LogP contribution in [-0.4, -0.2) is 18.3 Å². The predicted octanol–water partition coefficient (Wildman–Crippen LogP) is 21.8. The zero-order chi connectivity index (χ0) is 64.1. The van der Waals surface area contributed by atoms with E-state index in [-0.39, 0.29) is 5.69 Å². The van der Waals surface area contributed by atoms with Crippen LogP contribution in [-0.2, 0) is 6.18 Å². The Balaban J connectivity index is 0.000000154. The molecule has 8 nitrogen and oxygen atoms in total. The quantitative estimate of drug-likeness (QED) is 0.155. The number of nitriles is 3. The fraction of sp³-hybridized carbons (Fsp3) is 0.0732. The van der Waals surface area contributed by atoms with Gasteiger partial charge in [0.15, 0.2) is 5.69 Å². The Morgan fingerprint density at radius 2 is 0.688 bits per heavy atom. The van der Waals surface area contributed by atoms with Gasteiger partial charge in [-0.15, -0.1) is 0 Å². The van der Waals surface area contributed by atoms with Crippen LogP contribution in [0.2, 0.25) is 0 Å². The van der Waals surface area contributed by atoms with Crippen LogP contribution in [0.5, 0.6) is 0 Å². The maximum Gasteiger partial charge on any atom is 0.415 e. The normalized spacial score (nSPS) is 11.6. The van der Waals surface area contributed by atoms with Crippen molar-refractivity contribution in [3.8, 4) is 63.2 Å². The number of alkyl halides is 3. The molecule has 0 saturated heterocycles. The lowest BCUT2D eigenvalue weighted by Crippen LogP contribution is -2.07. The summed E-state index contributed by atoms with van der Waals surface area (Å²) in [5.41, 5.74) is 19.3. The molecule has 0 aliphatic heterocycles. The molecule has 0 unspecified atom stereocenters.